The van der Waals surface area contributed by atoms with E-state index in [9.17, 15) is 9.18 Å². The van der Waals surface area contributed by atoms with Crippen LogP contribution in [0.15, 0.2) is 42.5 Å². The first-order chi connectivity index (χ1) is 9.56. The lowest BCUT2D eigenvalue weighted by molar-refractivity contribution is -0.114. The van der Waals surface area contributed by atoms with Crippen LogP contribution in [-0.4, -0.2) is 12.5 Å². The van der Waals surface area contributed by atoms with Crippen LogP contribution in [0.1, 0.15) is 0 Å². The average Bonchev–Trinajstić information content (AvgIpc) is 2.40. The molecule has 0 unspecified atom stereocenters. The van der Waals surface area contributed by atoms with Crippen LogP contribution >= 0.6 is 23.2 Å². The number of nitrogens with one attached hydrogen (secondary N) is 2. The summed E-state index contributed by atoms with van der Waals surface area (Å²) in [5.74, 6) is -0.838. The van der Waals surface area contributed by atoms with Gasteiger partial charge in [0.05, 0.1) is 22.9 Å². The quantitative estimate of drug-likeness (QED) is 0.889. The van der Waals surface area contributed by atoms with E-state index in [0.717, 1.165) is 0 Å². The fourth-order valence-corrected chi connectivity index (χ4v) is 1.91. The van der Waals surface area contributed by atoms with Crippen LogP contribution in [0.4, 0.5) is 15.8 Å². The van der Waals surface area contributed by atoms with Crippen LogP contribution in [0, 0.1) is 5.82 Å². The highest BCUT2D eigenvalue weighted by Crippen LogP contribution is 2.21. The molecule has 0 saturated heterocycles. The van der Waals surface area contributed by atoms with Gasteiger partial charge in [0.15, 0.2) is 0 Å². The van der Waals surface area contributed by atoms with Crippen LogP contribution in [0.3, 0.4) is 0 Å². The van der Waals surface area contributed by atoms with Gasteiger partial charge in [0, 0.05) is 5.02 Å². The second-order valence-corrected chi connectivity index (χ2v) is 4.85. The molecule has 0 aliphatic heterocycles. The van der Waals surface area contributed by atoms with E-state index in [0.29, 0.717) is 15.7 Å². The van der Waals surface area contributed by atoms with Gasteiger partial charge >= 0.3 is 0 Å². The molecule has 0 spiro atoms. The van der Waals surface area contributed by atoms with Crippen molar-refractivity contribution < 1.29 is 9.18 Å². The first-order valence-corrected chi connectivity index (χ1v) is 6.55. The molecule has 0 heterocycles. The maximum atomic E-state index is 13.5. The lowest BCUT2D eigenvalue weighted by Crippen LogP contribution is -2.22. The molecule has 1 amide bonds. The zero-order valence-corrected chi connectivity index (χ0v) is 11.8. The highest BCUT2D eigenvalue weighted by molar-refractivity contribution is 6.33. The molecule has 0 atom stereocenters. The smallest absolute Gasteiger partial charge is 0.243 e. The highest BCUT2D eigenvalue weighted by Gasteiger charge is 2.07. The van der Waals surface area contributed by atoms with Crippen LogP contribution in [-0.2, 0) is 4.79 Å². The van der Waals surface area contributed by atoms with Gasteiger partial charge in [-0.2, -0.15) is 0 Å². The lowest BCUT2D eigenvalue weighted by Gasteiger charge is -2.09. The monoisotopic (exact) mass is 312 g/mol. The van der Waals surface area contributed by atoms with E-state index in [1.165, 1.54) is 12.1 Å². The minimum absolute atomic E-state index is 0.0796. The zero-order chi connectivity index (χ0) is 14.5. The van der Waals surface area contributed by atoms with Crippen LogP contribution in [0.2, 0.25) is 10.0 Å². The fourth-order valence-electron chi connectivity index (χ4n) is 1.57. The van der Waals surface area contributed by atoms with Crippen LogP contribution in [0.25, 0.3) is 0 Å². The first kappa shape index (κ1) is 14.6. The van der Waals surface area contributed by atoms with Crippen molar-refractivity contribution in [1.29, 1.82) is 0 Å². The number of hydrogen-bond donors (Lipinski definition) is 2. The molecule has 104 valence electrons. The van der Waals surface area contributed by atoms with Crippen LogP contribution < -0.4 is 10.6 Å². The topological polar surface area (TPSA) is 41.1 Å². The van der Waals surface area contributed by atoms with E-state index >= 15 is 0 Å². The molecule has 0 saturated carbocycles. The Kier molecular flexibility index (Phi) is 4.82. The molecule has 2 rings (SSSR count). The number of amides is 1. The lowest BCUT2D eigenvalue weighted by atomic mass is 10.3. The Morgan fingerprint density at radius 1 is 1.10 bits per heavy atom. The molecule has 2 N–H and O–H groups in total. The number of hydrogen-bond acceptors (Lipinski definition) is 2. The third-order valence-corrected chi connectivity index (χ3v) is 3.08. The summed E-state index contributed by atoms with van der Waals surface area (Å²) in [7, 11) is 0. The average molecular weight is 313 g/mol. The van der Waals surface area contributed by atoms with E-state index < -0.39 is 5.82 Å². The summed E-state index contributed by atoms with van der Waals surface area (Å²) in [5.41, 5.74) is 0.723. The number of benzene rings is 2. The minimum atomic E-state index is -0.511. The molecular formula is C14H11Cl2FN2O. The predicted molar refractivity (Wildman–Crippen MR) is 80.0 cm³/mol. The summed E-state index contributed by atoms with van der Waals surface area (Å²) in [6, 6.07) is 11.1. The molecule has 3 nitrogen and oxygen atoms in total. The summed E-state index contributed by atoms with van der Waals surface area (Å²) in [4.78, 5) is 11.7. The summed E-state index contributed by atoms with van der Waals surface area (Å²) in [6.45, 7) is -0.0796. The molecule has 0 radical (unpaired) electrons. The Labute approximate surface area is 125 Å². The Bertz CT molecular complexity index is 634. The maximum absolute atomic E-state index is 13.5. The molecule has 0 aromatic heterocycles. The number of carbonyl (C=O) groups is 1. The normalized spacial score (nSPS) is 10.2. The van der Waals surface area contributed by atoms with Crippen molar-refractivity contribution in [2.75, 3.05) is 17.2 Å². The van der Waals surface area contributed by atoms with Crippen molar-refractivity contribution in [2.45, 2.75) is 0 Å². The summed E-state index contributed by atoms with van der Waals surface area (Å²) < 4.78 is 13.5. The molecule has 6 heteroatoms. The van der Waals surface area contributed by atoms with Gasteiger partial charge in [-0.3, -0.25) is 4.79 Å². The van der Waals surface area contributed by atoms with Gasteiger partial charge < -0.3 is 10.6 Å². The first-order valence-electron chi connectivity index (χ1n) is 5.79. The molecule has 0 aliphatic rings. The Hall–Kier alpha value is -1.78. The van der Waals surface area contributed by atoms with Crippen molar-refractivity contribution >= 4 is 40.5 Å². The van der Waals surface area contributed by atoms with E-state index in [1.807, 2.05) is 0 Å². The predicted octanol–water partition coefficient (Wildman–Crippen LogP) is 4.18. The molecule has 2 aromatic rings. The molecule has 0 fully saturated rings. The number of anilines is 2. The molecular weight excluding hydrogens is 302 g/mol. The van der Waals surface area contributed by atoms with E-state index in [-0.39, 0.29) is 18.1 Å². The molecule has 0 aliphatic carbocycles. The van der Waals surface area contributed by atoms with Gasteiger partial charge in [-0.15, -0.1) is 0 Å². The van der Waals surface area contributed by atoms with Gasteiger partial charge in [0.2, 0.25) is 5.91 Å². The summed E-state index contributed by atoms with van der Waals surface area (Å²) in [5, 5.41) is 6.06. The number of halogens is 3. The van der Waals surface area contributed by atoms with Gasteiger partial charge in [-0.1, -0.05) is 35.3 Å². The van der Waals surface area contributed by atoms with Gasteiger partial charge in [0.25, 0.3) is 0 Å². The van der Waals surface area contributed by atoms with Crippen molar-refractivity contribution in [3.63, 3.8) is 0 Å². The third kappa shape index (κ3) is 3.85. The molecule has 20 heavy (non-hydrogen) atoms. The standard InChI is InChI=1S/C14H11Cl2FN2O/c15-9-5-6-13(11(17)7-9)18-8-14(20)19-12-4-2-1-3-10(12)16/h1-7,18H,8H2,(H,19,20). The second kappa shape index (κ2) is 6.59. The summed E-state index contributed by atoms with van der Waals surface area (Å²) >= 11 is 11.6. The third-order valence-electron chi connectivity index (χ3n) is 2.52. The van der Waals surface area contributed by atoms with Gasteiger partial charge in [-0.05, 0) is 30.3 Å². The summed E-state index contributed by atoms with van der Waals surface area (Å²) in [6.07, 6.45) is 0. The SMILES string of the molecule is O=C(CNc1ccc(Cl)cc1F)Nc1ccccc1Cl. The van der Waals surface area contributed by atoms with E-state index in [2.05, 4.69) is 10.6 Å². The largest absolute Gasteiger partial charge is 0.374 e. The second-order valence-electron chi connectivity index (χ2n) is 4.01. The van der Waals surface area contributed by atoms with E-state index in [4.69, 9.17) is 23.2 Å². The van der Waals surface area contributed by atoms with Gasteiger partial charge in [0.1, 0.15) is 5.82 Å². The van der Waals surface area contributed by atoms with Crippen molar-refractivity contribution in [1.82, 2.24) is 0 Å². The Morgan fingerprint density at radius 2 is 1.85 bits per heavy atom. The fraction of sp³-hybridized carbons (Fsp3) is 0.0714. The van der Waals surface area contributed by atoms with Crippen molar-refractivity contribution in [2.24, 2.45) is 0 Å². The Balaban J connectivity index is 1.94. The minimum Gasteiger partial charge on any atom is -0.374 e. The van der Waals surface area contributed by atoms with Gasteiger partial charge in [-0.25, -0.2) is 4.39 Å². The number of rotatable bonds is 4. The number of carbonyl (C=O) groups excluding carboxylic acids is 1. The molecule has 2 aromatic carbocycles. The maximum Gasteiger partial charge on any atom is 0.243 e. The van der Waals surface area contributed by atoms with Crippen LogP contribution in [0.5, 0.6) is 0 Å². The zero-order valence-electron chi connectivity index (χ0n) is 10.3. The van der Waals surface area contributed by atoms with E-state index in [1.54, 1.807) is 30.3 Å². The number of para-hydroxylation sites is 1. The van der Waals surface area contributed by atoms with Crippen molar-refractivity contribution in [3.05, 3.63) is 58.3 Å². The Morgan fingerprint density at radius 3 is 2.55 bits per heavy atom. The molecule has 0 bridgehead atoms. The highest BCUT2D eigenvalue weighted by atomic mass is 35.5. The van der Waals surface area contributed by atoms with Crippen molar-refractivity contribution in [3.8, 4) is 0 Å².